The van der Waals surface area contributed by atoms with Crippen LogP contribution in [0.25, 0.3) is 0 Å². The minimum absolute atomic E-state index is 0.116. The molecule has 30 heavy (non-hydrogen) atoms. The maximum absolute atomic E-state index is 12.8. The second kappa shape index (κ2) is 13.1. The van der Waals surface area contributed by atoms with E-state index in [4.69, 9.17) is 9.47 Å². The molecule has 0 amide bonds. The van der Waals surface area contributed by atoms with Crippen LogP contribution >= 0.6 is 0 Å². The maximum Gasteiger partial charge on any atom is 0.453 e. The Bertz CT molecular complexity index is 440. The first-order valence-corrected chi connectivity index (χ1v) is 10.6. The van der Waals surface area contributed by atoms with Crippen molar-refractivity contribution < 1.29 is 40.2 Å². The van der Waals surface area contributed by atoms with Gasteiger partial charge in [-0.15, -0.1) is 0 Å². The Morgan fingerprint density at radius 2 is 0.967 bits per heavy atom. The van der Waals surface area contributed by atoms with Crippen molar-refractivity contribution in [2.24, 2.45) is 5.41 Å². The second-order valence-electron chi connectivity index (χ2n) is 9.04. The highest BCUT2D eigenvalue weighted by molar-refractivity contribution is 4.75. The number of rotatable bonds is 16. The highest BCUT2D eigenvalue weighted by atomic mass is 19.4. The van der Waals surface area contributed by atoms with Crippen molar-refractivity contribution in [1.29, 1.82) is 0 Å². The number of ether oxygens (including phenoxy) is 2. The van der Waals surface area contributed by atoms with Crippen LogP contribution in [-0.4, -0.2) is 37.5 Å². The molecule has 0 saturated carbocycles. The molecule has 0 aromatic rings. The van der Waals surface area contributed by atoms with E-state index in [9.17, 15) is 30.7 Å². The molecule has 0 aromatic heterocycles. The molecule has 0 aliphatic carbocycles. The molecule has 0 heterocycles. The molecule has 1 unspecified atom stereocenters. The summed E-state index contributed by atoms with van der Waals surface area (Å²) in [5.41, 5.74) is -0.293. The SMILES string of the molecule is CC(F)(F)CCCCCCOC(OCCCCCCC(F)(F)C(F)(F)F)C(C)(C)C. The predicted octanol–water partition coefficient (Wildman–Crippen LogP) is 8.15. The van der Waals surface area contributed by atoms with Crippen molar-refractivity contribution in [3.8, 4) is 0 Å². The molecular weight excluding hydrogens is 417 g/mol. The van der Waals surface area contributed by atoms with E-state index in [-0.39, 0.29) is 24.7 Å². The Balaban J connectivity index is 3.94. The van der Waals surface area contributed by atoms with Gasteiger partial charge in [-0.25, -0.2) is 8.78 Å². The average Bonchev–Trinajstić information content (AvgIpc) is 2.55. The van der Waals surface area contributed by atoms with E-state index in [1.165, 1.54) is 0 Å². The summed E-state index contributed by atoms with van der Waals surface area (Å²) in [5.74, 6) is -7.26. The van der Waals surface area contributed by atoms with Crippen molar-refractivity contribution in [1.82, 2.24) is 0 Å². The zero-order valence-electron chi connectivity index (χ0n) is 18.5. The Kier molecular flexibility index (Phi) is 12.8. The summed E-state index contributed by atoms with van der Waals surface area (Å²) in [7, 11) is 0. The van der Waals surface area contributed by atoms with Gasteiger partial charge in [0.05, 0.1) is 0 Å². The Morgan fingerprint density at radius 3 is 1.33 bits per heavy atom. The van der Waals surface area contributed by atoms with Gasteiger partial charge in [0.2, 0.25) is 5.92 Å². The van der Waals surface area contributed by atoms with Crippen molar-refractivity contribution in [2.45, 2.75) is 116 Å². The highest BCUT2D eigenvalue weighted by Crippen LogP contribution is 2.39. The van der Waals surface area contributed by atoms with E-state index in [2.05, 4.69) is 0 Å². The lowest BCUT2D eigenvalue weighted by atomic mass is 9.96. The van der Waals surface area contributed by atoms with Crippen LogP contribution in [0.4, 0.5) is 30.7 Å². The first kappa shape index (κ1) is 29.4. The van der Waals surface area contributed by atoms with Gasteiger partial charge < -0.3 is 9.47 Å². The van der Waals surface area contributed by atoms with E-state index in [0.717, 1.165) is 19.8 Å². The van der Waals surface area contributed by atoms with Crippen LogP contribution in [0.2, 0.25) is 0 Å². The third-order valence-electron chi connectivity index (χ3n) is 4.56. The second-order valence-corrected chi connectivity index (χ2v) is 9.04. The molecule has 0 aliphatic rings. The molecule has 0 bridgehead atoms. The standard InChI is InChI=1S/C21H37F7O2/c1-18(2,3)17(29-15-11-7-5-9-13-19(4,22)23)30-16-12-8-6-10-14-20(24,25)21(26,27)28/h17H,5-16H2,1-4H3. The van der Waals surface area contributed by atoms with Crippen LogP contribution in [0.5, 0.6) is 0 Å². The van der Waals surface area contributed by atoms with Crippen molar-refractivity contribution in [2.75, 3.05) is 13.2 Å². The summed E-state index contributed by atoms with van der Waals surface area (Å²) in [5, 5.41) is 0. The highest BCUT2D eigenvalue weighted by Gasteiger charge is 2.56. The van der Waals surface area contributed by atoms with Crippen LogP contribution in [0.3, 0.4) is 0 Å². The molecule has 0 radical (unpaired) electrons. The molecule has 0 spiro atoms. The number of halogens is 7. The topological polar surface area (TPSA) is 18.5 Å². The molecule has 182 valence electrons. The van der Waals surface area contributed by atoms with Gasteiger partial charge in [0.25, 0.3) is 0 Å². The Labute approximate surface area is 175 Å². The smallest absolute Gasteiger partial charge is 0.352 e. The van der Waals surface area contributed by atoms with Gasteiger partial charge >= 0.3 is 12.1 Å². The minimum Gasteiger partial charge on any atom is -0.352 e. The van der Waals surface area contributed by atoms with E-state index in [0.29, 0.717) is 38.9 Å². The molecule has 0 rings (SSSR count). The van der Waals surface area contributed by atoms with Gasteiger partial charge in [0.15, 0.2) is 6.29 Å². The molecular formula is C21H37F7O2. The fourth-order valence-corrected chi connectivity index (χ4v) is 2.76. The summed E-state index contributed by atoms with van der Waals surface area (Å²) in [6, 6.07) is 0. The first-order chi connectivity index (χ1) is 13.6. The largest absolute Gasteiger partial charge is 0.453 e. The number of hydrogen-bond acceptors (Lipinski definition) is 2. The molecule has 0 fully saturated rings. The first-order valence-electron chi connectivity index (χ1n) is 10.6. The summed E-state index contributed by atoms with van der Waals surface area (Å²) in [6.45, 7) is 7.51. The van der Waals surface area contributed by atoms with Gasteiger partial charge in [0, 0.05) is 31.5 Å². The lowest BCUT2D eigenvalue weighted by Crippen LogP contribution is -2.36. The van der Waals surface area contributed by atoms with E-state index in [1.54, 1.807) is 0 Å². The van der Waals surface area contributed by atoms with Gasteiger partial charge in [-0.3, -0.25) is 0 Å². The number of unbranched alkanes of at least 4 members (excludes halogenated alkanes) is 6. The molecule has 2 nitrogen and oxygen atoms in total. The Hall–Kier alpha value is -0.570. The monoisotopic (exact) mass is 454 g/mol. The molecule has 1 atom stereocenters. The third-order valence-corrected chi connectivity index (χ3v) is 4.56. The van der Waals surface area contributed by atoms with Crippen LogP contribution in [-0.2, 0) is 9.47 Å². The zero-order chi connectivity index (χ0) is 23.5. The normalized spacial score (nSPS) is 14.9. The third kappa shape index (κ3) is 14.4. The molecule has 0 aromatic carbocycles. The maximum atomic E-state index is 12.8. The molecule has 0 saturated heterocycles. The van der Waals surface area contributed by atoms with Gasteiger partial charge in [-0.2, -0.15) is 22.0 Å². The van der Waals surface area contributed by atoms with E-state index in [1.807, 2.05) is 20.8 Å². The van der Waals surface area contributed by atoms with Crippen molar-refractivity contribution in [3.05, 3.63) is 0 Å². The molecule has 0 aliphatic heterocycles. The summed E-state index contributed by atoms with van der Waals surface area (Å²) < 4.78 is 98.8. The molecule has 9 heteroatoms. The predicted molar refractivity (Wildman–Crippen MR) is 103 cm³/mol. The zero-order valence-corrected chi connectivity index (χ0v) is 18.5. The van der Waals surface area contributed by atoms with Gasteiger partial charge in [-0.1, -0.05) is 46.5 Å². The lowest BCUT2D eigenvalue weighted by molar-refractivity contribution is -0.284. The van der Waals surface area contributed by atoms with Crippen LogP contribution < -0.4 is 0 Å². The van der Waals surface area contributed by atoms with E-state index >= 15 is 0 Å². The number of hydrogen-bond donors (Lipinski definition) is 0. The fraction of sp³-hybridized carbons (Fsp3) is 1.00. The summed E-state index contributed by atoms with van der Waals surface area (Å²) in [4.78, 5) is 0. The number of alkyl halides is 7. The van der Waals surface area contributed by atoms with Gasteiger partial charge in [0.1, 0.15) is 0 Å². The minimum atomic E-state index is -5.49. The van der Waals surface area contributed by atoms with Gasteiger partial charge in [-0.05, 0) is 32.6 Å². The van der Waals surface area contributed by atoms with Crippen LogP contribution in [0.15, 0.2) is 0 Å². The van der Waals surface area contributed by atoms with E-state index < -0.39 is 30.7 Å². The lowest BCUT2D eigenvalue weighted by Gasteiger charge is -2.30. The fourth-order valence-electron chi connectivity index (χ4n) is 2.76. The quantitative estimate of drug-likeness (QED) is 0.133. The molecule has 0 N–H and O–H groups in total. The van der Waals surface area contributed by atoms with Crippen LogP contribution in [0.1, 0.15) is 91.9 Å². The Morgan fingerprint density at radius 1 is 0.567 bits per heavy atom. The van der Waals surface area contributed by atoms with Crippen molar-refractivity contribution >= 4 is 0 Å². The average molecular weight is 455 g/mol. The summed E-state index contributed by atoms with van der Waals surface area (Å²) in [6.07, 6.45) is -3.47. The van der Waals surface area contributed by atoms with Crippen molar-refractivity contribution in [3.63, 3.8) is 0 Å². The van der Waals surface area contributed by atoms with Crippen LogP contribution in [0, 0.1) is 5.41 Å². The summed E-state index contributed by atoms with van der Waals surface area (Å²) >= 11 is 0.